The fraction of sp³-hybridized carbons (Fsp3) is 1.00. The summed E-state index contributed by atoms with van der Waals surface area (Å²) in [5.41, 5.74) is -1.13. The van der Waals surface area contributed by atoms with Crippen LogP contribution in [0.4, 0.5) is 0 Å². The van der Waals surface area contributed by atoms with Crippen molar-refractivity contribution in [2.24, 2.45) is 5.14 Å². The zero-order chi connectivity index (χ0) is 6.62. The van der Waals surface area contributed by atoms with E-state index in [4.69, 9.17) is 17.4 Å². The van der Waals surface area contributed by atoms with Crippen LogP contribution in [0.3, 0.4) is 0 Å². The zero-order valence-electron chi connectivity index (χ0n) is 5.26. The Morgan fingerprint density at radius 1 is 1.50 bits per heavy atom. The standard InChI is InChI=1S/C4H12NPS2/c1-3-6(7,4-2)8-5/h3-5H2,1-2H3/q+1. The Hall–Kier alpha value is 1.09. The molecule has 0 amide bonds. The van der Waals surface area contributed by atoms with Gasteiger partial charge in [-0.05, 0) is 13.8 Å². The Kier molecular flexibility index (Phi) is 4.54. The second-order valence-electron chi connectivity index (χ2n) is 1.55. The maximum Gasteiger partial charge on any atom is 0.164 e. The molecule has 0 bridgehead atoms. The first-order chi connectivity index (χ1) is 3.68. The summed E-state index contributed by atoms with van der Waals surface area (Å²) in [6.45, 7) is 4.23. The molecule has 0 atom stereocenters. The van der Waals surface area contributed by atoms with Crippen molar-refractivity contribution in [1.29, 1.82) is 0 Å². The number of hydrogen-bond acceptors (Lipinski definition) is 2. The molecule has 0 saturated carbocycles. The van der Waals surface area contributed by atoms with E-state index in [9.17, 15) is 0 Å². The molecule has 0 spiro atoms. The molecule has 8 heavy (non-hydrogen) atoms. The second-order valence-corrected chi connectivity index (χ2v) is 10.2. The van der Waals surface area contributed by atoms with Crippen molar-refractivity contribution in [2.45, 2.75) is 13.8 Å². The minimum atomic E-state index is -1.13. The molecule has 0 aromatic heterocycles. The van der Waals surface area contributed by atoms with Crippen molar-refractivity contribution >= 4 is 29.5 Å². The second kappa shape index (κ2) is 3.99. The van der Waals surface area contributed by atoms with Gasteiger partial charge in [-0.25, -0.2) is 5.14 Å². The molecule has 1 radical (unpaired) electrons. The van der Waals surface area contributed by atoms with E-state index in [2.05, 4.69) is 13.8 Å². The van der Waals surface area contributed by atoms with Gasteiger partial charge in [0.2, 0.25) is 0 Å². The van der Waals surface area contributed by atoms with Gasteiger partial charge < -0.3 is 0 Å². The minimum absolute atomic E-state index is 1.08. The fourth-order valence-corrected chi connectivity index (χ4v) is 2.01. The summed E-state index contributed by atoms with van der Waals surface area (Å²) in [6.07, 6.45) is 2.17. The van der Waals surface area contributed by atoms with E-state index in [1.54, 1.807) is 0 Å². The average Bonchev–Trinajstić information content (AvgIpc) is 1.87. The molecule has 0 aliphatic rings. The summed E-state index contributed by atoms with van der Waals surface area (Å²) in [5.74, 6) is 0. The van der Waals surface area contributed by atoms with E-state index in [-0.39, 0.29) is 0 Å². The van der Waals surface area contributed by atoms with Gasteiger partial charge in [-0.3, -0.25) is 0 Å². The summed E-state index contributed by atoms with van der Waals surface area (Å²) in [6, 6.07) is 0. The highest BCUT2D eigenvalue weighted by molar-refractivity contribution is 8.89. The molecule has 0 aromatic rings. The first-order valence-corrected chi connectivity index (χ1v) is 7.31. The van der Waals surface area contributed by atoms with E-state index in [0.29, 0.717) is 0 Å². The molecular weight excluding hydrogens is 157 g/mol. The first kappa shape index (κ1) is 9.09. The van der Waals surface area contributed by atoms with E-state index >= 15 is 0 Å². The highest BCUT2D eigenvalue weighted by Gasteiger charge is 2.30. The first-order valence-electron chi connectivity index (χ1n) is 2.65. The average molecular weight is 169 g/mol. The fourth-order valence-electron chi connectivity index (χ4n) is 0.373. The summed E-state index contributed by atoms with van der Waals surface area (Å²) in [5, 5.41) is 5.39. The van der Waals surface area contributed by atoms with E-state index in [1.807, 2.05) is 0 Å². The van der Waals surface area contributed by atoms with Crippen molar-refractivity contribution in [3.05, 3.63) is 0 Å². The molecule has 0 rings (SSSR count). The lowest BCUT2D eigenvalue weighted by molar-refractivity contribution is 1.43. The summed E-state index contributed by atoms with van der Waals surface area (Å²) in [7, 11) is 0. The number of rotatable bonds is 3. The van der Waals surface area contributed by atoms with E-state index in [1.165, 1.54) is 11.6 Å². The van der Waals surface area contributed by atoms with Gasteiger partial charge in [-0.15, -0.1) is 0 Å². The van der Waals surface area contributed by atoms with Crippen molar-refractivity contribution in [3.8, 4) is 0 Å². The van der Waals surface area contributed by atoms with Crippen LogP contribution in [0.1, 0.15) is 13.8 Å². The van der Waals surface area contributed by atoms with Crippen molar-refractivity contribution in [3.63, 3.8) is 0 Å². The van der Waals surface area contributed by atoms with E-state index < -0.39 is 5.67 Å². The van der Waals surface area contributed by atoms with Crippen LogP contribution in [-0.4, -0.2) is 12.3 Å². The molecule has 0 aliphatic heterocycles. The molecule has 0 fully saturated rings. The van der Waals surface area contributed by atoms with Gasteiger partial charge >= 0.3 is 0 Å². The monoisotopic (exact) mass is 169 g/mol. The summed E-state index contributed by atoms with van der Waals surface area (Å²) >= 11 is 6.65. The predicted octanol–water partition coefficient (Wildman–Crippen LogP) is 2.68. The van der Waals surface area contributed by atoms with Crippen molar-refractivity contribution in [1.82, 2.24) is 0 Å². The Balaban J connectivity index is 3.58. The predicted molar refractivity (Wildman–Crippen MR) is 47.4 cm³/mol. The summed E-state index contributed by atoms with van der Waals surface area (Å²) < 4.78 is 0. The zero-order valence-corrected chi connectivity index (χ0v) is 7.78. The highest BCUT2D eigenvalue weighted by Crippen LogP contribution is 2.71. The van der Waals surface area contributed by atoms with Crippen LogP contribution in [0.15, 0.2) is 0 Å². The quantitative estimate of drug-likeness (QED) is 0.519. The van der Waals surface area contributed by atoms with Gasteiger partial charge in [0.05, 0.1) is 12.3 Å². The Bertz CT molecular complexity index is 56.8. The lowest BCUT2D eigenvalue weighted by Crippen LogP contribution is -1.90. The van der Waals surface area contributed by atoms with Crippen LogP contribution >= 0.6 is 29.5 Å². The van der Waals surface area contributed by atoms with Crippen LogP contribution in [-0.2, 0) is 0 Å². The highest BCUT2D eigenvalue weighted by atomic mass is 33.1. The van der Waals surface area contributed by atoms with Crippen LogP contribution in [0.25, 0.3) is 0 Å². The van der Waals surface area contributed by atoms with Crippen molar-refractivity contribution < 1.29 is 0 Å². The van der Waals surface area contributed by atoms with Crippen LogP contribution in [0, 0.1) is 0 Å². The third-order valence-electron chi connectivity index (χ3n) is 1.16. The lowest BCUT2D eigenvalue weighted by Gasteiger charge is -2.08. The van der Waals surface area contributed by atoms with Gasteiger partial charge in [-0.2, -0.15) is 0 Å². The molecule has 0 unspecified atom stereocenters. The van der Waals surface area contributed by atoms with Crippen LogP contribution < -0.4 is 5.14 Å². The molecule has 4 heteroatoms. The molecule has 2 N–H and O–H groups in total. The van der Waals surface area contributed by atoms with Gasteiger partial charge in [0, 0.05) is 0 Å². The van der Waals surface area contributed by atoms with Gasteiger partial charge in [-0.1, -0.05) is 0 Å². The smallest absolute Gasteiger partial charge is 0.164 e. The maximum absolute atomic E-state index is 5.39. The molecular formula is C4H12NPS2+. The molecule has 0 aromatic carbocycles. The molecule has 49 valence electrons. The van der Waals surface area contributed by atoms with E-state index in [0.717, 1.165) is 12.3 Å². The number of hydrogen-bond donors (Lipinski definition) is 1. The number of nitrogens with two attached hydrogens (primary N) is 1. The Labute approximate surface area is 61.2 Å². The third kappa shape index (κ3) is 2.58. The van der Waals surface area contributed by atoms with Gasteiger partial charge in [0.15, 0.2) is 5.67 Å². The van der Waals surface area contributed by atoms with Crippen molar-refractivity contribution in [2.75, 3.05) is 12.3 Å². The molecule has 0 aliphatic carbocycles. The molecule has 0 saturated heterocycles. The SMILES string of the molecule is CC[P+]([S])(CC)SN. The minimum Gasteiger partial charge on any atom is -0.243 e. The van der Waals surface area contributed by atoms with Gasteiger partial charge in [0.25, 0.3) is 0 Å². The van der Waals surface area contributed by atoms with Crippen LogP contribution in [0.5, 0.6) is 0 Å². The lowest BCUT2D eigenvalue weighted by atomic mass is 11.0. The molecule has 1 nitrogen and oxygen atoms in total. The Morgan fingerprint density at radius 3 is 1.88 bits per heavy atom. The third-order valence-corrected chi connectivity index (χ3v) is 8.49. The van der Waals surface area contributed by atoms with Gasteiger partial charge in [0.1, 0.15) is 23.8 Å². The summed E-state index contributed by atoms with van der Waals surface area (Å²) in [4.78, 5) is 0. The van der Waals surface area contributed by atoms with Crippen LogP contribution in [0.2, 0.25) is 0 Å². The maximum atomic E-state index is 5.39. The molecule has 0 heterocycles. The largest absolute Gasteiger partial charge is 0.243 e. The normalized spacial score (nSPS) is 12.0. The topological polar surface area (TPSA) is 26.0 Å². The Morgan fingerprint density at radius 2 is 1.88 bits per heavy atom.